The highest BCUT2D eigenvalue weighted by molar-refractivity contribution is 4.37. The molecule has 0 bridgehead atoms. The number of ether oxygens (including phenoxy) is 3. The summed E-state index contributed by atoms with van der Waals surface area (Å²) in [6.45, 7) is 6.00. The zero-order chi connectivity index (χ0) is 6.36. The van der Waals surface area contributed by atoms with E-state index in [2.05, 4.69) is 14.2 Å². The Labute approximate surface area is 54.9 Å². The van der Waals surface area contributed by atoms with Crippen molar-refractivity contribution in [3.63, 3.8) is 0 Å². The van der Waals surface area contributed by atoms with Crippen LogP contribution in [0.25, 0.3) is 0 Å². The van der Waals surface area contributed by atoms with Gasteiger partial charge in [-0.25, -0.2) is 0 Å². The Morgan fingerprint density at radius 1 is 0.444 bits per heavy atom. The fourth-order valence-corrected chi connectivity index (χ4v) is 0. The highest BCUT2D eigenvalue weighted by Crippen LogP contribution is 1.85. The van der Waals surface area contributed by atoms with Crippen LogP contribution in [0.15, 0.2) is 0 Å². The Hall–Kier alpha value is -0.120. The second kappa shape index (κ2) is 4.73. The smallest absolute Gasteiger partial charge is 0.0701 e. The van der Waals surface area contributed by atoms with Gasteiger partial charge in [-0.3, -0.25) is 0 Å². The van der Waals surface area contributed by atoms with E-state index in [0.717, 1.165) is 39.6 Å². The molecule has 3 aliphatic heterocycles. The summed E-state index contributed by atoms with van der Waals surface area (Å²) in [6.07, 6.45) is 0. The average Bonchev–Trinajstić information content (AvgIpc) is 2.70. The third kappa shape index (κ3) is 32.8. The van der Waals surface area contributed by atoms with Crippen LogP contribution in [0.4, 0.5) is 0 Å². The first-order valence-electron chi connectivity index (χ1n) is 3.23. The molecule has 3 aliphatic rings. The molecule has 9 heavy (non-hydrogen) atoms. The van der Waals surface area contributed by atoms with E-state index in [-0.39, 0.29) is 0 Å². The molecule has 3 heteroatoms. The van der Waals surface area contributed by atoms with Crippen LogP contribution in [0.1, 0.15) is 0 Å². The molecular formula is C6H12O3. The molecular weight excluding hydrogens is 120 g/mol. The summed E-state index contributed by atoms with van der Waals surface area (Å²) in [7, 11) is 0. The van der Waals surface area contributed by atoms with Crippen LogP contribution >= 0.6 is 0 Å². The molecule has 0 amide bonds. The van der Waals surface area contributed by atoms with Crippen molar-refractivity contribution in [3.05, 3.63) is 0 Å². The van der Waals surface area contributed by atoms with Gasteiger partial charge in [0, 0.05) is 0 Å². The van der Waals surface area contributed by atoms with Crippen molar-refractivity contribution in [1.29, 1.82) is 0 Å². The van der Waals surface area contributed by atoms with E-state index in [0.29, 0.717) is 0 Å². The molecule has 0 aromatic carbocycles. The average molecular weight is 132 g/mol. The minimum absolute atomic E-state index is 1.00. The van der Waals surface area contributed by atoms with Crippen molar-refractivity contribution in [2.24, 2.45) is 0 Å². The van der Waals surface area contributed by atoms with Gasteiger partial charge in [-0.2, -0.15) is 0 Å². The normalized spacial score (nSPS) is 24.0. The lowest BCUT2D eigenvalue weighted by atomic mass is 11.0. The number of hydrogen-bond acceptors (Lipinski definition) is 3. The quantitative estimate of drug-likeness (QED) is 0.437. The number of epoxide rings is 3. The minimum Gasteiger partial charge on any atom is -0.377 e. The Kier molecular flexibility index (Phi) is 3.68. The van der Waals surface area contributed by atoms with Crippen molar-refractivity contribution in [2.45, 2.75) is 0 Å². The summed E-state index contributed by atoms with van der Waals surface area (Å²) in [5.74, 6) is 0. The Bertz CT molecular complexity index is 36.8. The molecule has 3 saturated heterocycles. The van der Waals surface area contributed by atoms with Crippen LogP contribution in [-0.4, -0.2) is 39.6 Å². The minimum atomic E-state index is 1.00. The Balaban J connectivity index is 0.0000000675. The van der Waals surface area contributed by atoms with Crippen molar-refractivity contribution in [2.75, 3.05) is 39.6 Å². The second-order valence-electron chi connectivity index (χ2n) is 1.84. The van der Waals surface area contributed by atoms with Crippen LogP contribution < -0.4 is 0 Å². The van der Waals surface area contributed by atoms with Gasteiger partial charge in [0.2, 0.25) is 0 Å². The third-order valence-electron chi connectivity index (χ3n) is 0.612. The van der Waals surface area contributed by atoms with Gasteiger partial charge < -0.3 is 14.2 Å². The topological polar surface area (TPSA) is 37.6 Å². The maximum atomic E-state index is 4.50. The zero-order valence-corrected chi connectivity index (χ0v) is 5.47. The van der Waals surface area contributed by atoms with E-state index in [1.165, 1.54) is 0 Å². The lowest BCUT2D eigenvalue weighted by Crippen LogP contribution is -1.20. The van der Waals surface area contributed by atoms with Gasteiger partial charge >= 0.3 is 0 Å². The molecule has 0 N–H and O–H groups in total. The number of rotatable bonds is 0. The SMILES string of the molecule is C1CO1.C1CO1.C1CO1. The summed E-state index contributed by atoms with van der Waals surface area (Å²) in [5.41, 5.74) is 0. The van der Waals surface area contributed by atoms with Crippen LogP contribution in [-0.2, 0) is 14.2 Å². The van der Waals surface area contributed by atoms with Gasteiger partial charge in [-0.15, -0.1) is 0 Å². The fraction of sp³-hybridized carbons (Fsp3) is 1.00. The summed E-state index contributed by atoms with van der Waals surface area (Å²) >= 11 is 0. The predicted octanol–water partition coefficient (Wildman–Crippen LogP) is 0.0498. The molecule has 0 atom stereocenters. The fourth-order valence-electron chi connectivity index (χ4n) is 0. The zero-order valence-electron chi connectivity index (χ0n) is 5.47. The summed E-state index contributed by atoms with van der Waals surface area (Å²) < 4.78 is 13.5. The molecule has 3 heterocycles. The van der Waals surface area contributed by atoms with Crippen molar-refractivity contribution in [3.8, 4) is 0 Å². The molecule has 0 aromatic heterocycles. The highest BCUT2D eigenvalue weighted by atomic mass is 16.6. The van der Waals surface area contributed by atoms with Crippen LogP contribution in [0.2, 0.25) is 0 Å². The molecule has 3 nitrogen and oxygen atoms in total. The van der Waals surface area contributed by atoms with Gasteiger partial charge in [-0.1, -0.05) is 0 Å². The first-order valence-corrected chi connectivity index (χ1v) is 3.23. The largest absolute Gasteiger partial charge is 0.377 e. The van der Waals surface area contributed by atoms with Gasteiger partial charge in [0.05, 0.1) is 39.6 Å². The molecule has 3 fully saturated rings. The van der Waals surface area contributed by atoms with E-state index < -0.39 is 0 Å². The van der Waals surface area contributed by atoms with Crippen LogP contribution in [0.5, 0.6) is 0 Å². The Morgan fingerprint density at radius 2 is 0.556 bits per heavy atom. The van der Waals surface area contributed by atoms with Crippen LogP contribution in [0.3, 0.4) is 0 Å². The lowest BCUT2D eigenvalue weighted by molar-refractivity contribution is 0.475. The van der Waals surface area contributed by atoms with E-state index in [1.807, 2.05) is 0 Å². The van der Waals surface area contributed by atoms with Gasteiger partial charge in [0.15, 0.2) is 0 Å². The maximum absolute atomic E-state index is 4.50. The monoisotopic (exact) mass is 132 g/mol. The predicted molar refractivity (Wildman–Crippen MR) is 32.5 cm³/mol. The van der Waals surface area contributed by atoms with Crippen molar-refractivity contribution in [1.82, 2.24) is 0 Å². The molecule has 0 spiro atoms. The van der Waals surface area contributed by atoms with Crippen LogP contribution in [0, 0.1) is 0 Å². The maximum Gasteiger partial charge on any atom is 0.0701 e. The highest BCUT2D eigenvalue weighted by Gasteiger charge is 1.94. The molecule has 0 saturated carbocycles. The lowest BCUT2D eigenvalue weighted by Gasteiger charge is -1.24. The summed E-state index contributed by atoms with van der Waals surface area (Å²) in [6, 6.07) is 0. The van der Waals surface area contributed by atoms with E-state index in [4.69, 9.17) is 0 Å². The summed E-state index contributed by atoms with van der Waals surface area (Å²) in [4.78, 5) is 0. The van der Waals surface area contributed by atoms with Gasteiger partial charge in [0.1, 0.15) is 0 Å². The molecule has 3 rings (SSSR count). The molecule has 54 valence electrons. The third-order valence-corrected chi connectivity index (χ3v) is 0.612. The van der Waals surface area contributed by atoms with Gasteiger partial charge in [-0.05, 0) is 0 Å². The first-order chi connectivity index (χ1) is 4.50. The summed E-state index contributed by atoms with van der Waals surface area (Å²) in [5, 5.41) is 0. The first kappa shape index (κ1) is 6.99. The number of hydrogen-bond donors (Lipinski definition) is 0. The Morgan fingerprint density at radius 3 is 0.556 bits per heavy atom. The standard InChI is InChI=1S/3C2H4O/c3*1-2-3-1/h3*1-2H2. The molecule has 0 aromatic rings. The van der Waals surface area contributed by atoms with E-state index >= 15 is 0 Å². The molecule has 0 unspecified atom stereocenters. The molecule has 0 radical (unpaired) electrons. The van der Waals surface area contributed by atoms with Crippen molar-refractivity contribution < 1.29 is 14.2 Å². The van der Waals surface area contributed by atoms with Gasteiger partial charge in [0.25, 0.3) is 0 Å². The van der Waals surface area contributed by atoms with E-state index in [1.54, 1.807) is 0 Å². The van der Waals surface area contributed by atoms with E-state index in [9.17, 15) is 0 Å². The van der Waals surface area contributed by atoms with Crippen molar-refractivity contribution >= 4 is 0 Å². The second-order valence-corrected chi connectivity index (χ2v) is 1.84. The molecule has 0 aliphatic carbocycles.